The first kappa shape index (κ1) is 20.2. The number of hydrogen-bond acceptors (Lipinski definition) is 5. The zero-order chi connectivity index (χ0) is 18.3. The molecule has 0 saturated carbocycles. The number of rotatable bonds is 9. The van der Waals surface area contributed by atoms with Crippen molar-refractivity contribution in [2.75, 3.05) is 38.7 Å². The lowest BCUT2D eigenvalue weighted by Gasteiger charge is -2.47. The molecule has 0 spiro atoms. The highest BCUT2D eigenvalue weighted by Gasteiger charge is 2.46. The number of aliphatic hydroxyl groups is 1. The first-order valence-corrected chi connectivity index (χ1v) is 9.87. The van der Waals surface area contributed by atoms with Gasteiger partial charge < -0.3 is 9.84 Å². The van der Waals surface area contributed by atoms with E-state index in [9.17, 15) is 4.79 Å². The minimum Gasteiger partial charge on any atom is -0.396 e. The normalized spacial score (nSPS) is 18.1. The number of ketones is 1. The Hall–Kier alpha value is -1.14. The van der Waals surface area contributed by atoms with Crippen molar-refractivity contribution in [1.29, 1.82) is 0 Å². The summed E-state index contributed by atoms with van der Waals surface area (Å²) in [5.41, 5.74) is 0.154. The largest absolute Gasteiger partial charge is 0.396 e. The molecule has 5 heteroatoms. The average molecular weight is 364 g/mol. The molecule has 0 bridgehead atoms. The van der Waals surface area contributed by atoms with Crippen LogP contribution in [0, 0.1) is 5.92 Å². The monoisotopic (exact) mass is 363 g/mol. The van der Waals surface area contributed by atoms with Crippen molar-refractivity contribution >= 4 is 17.5 Å². The molecule has 1 saturated heterocycles. The van der Waals surface area contributed by atoms with Crippen molar-refractivity contribution in [3.63, 3.8) is 0 Å². The maximum absolute atomic E-state index is 13.5. The molecule has 1 aromatic carbocycles. The second-order valence-corrected chi connectivity index (χ2v) is 7.77. The third kappa shape index (κ3) is 4.53. The summed E-state index contributed by atoms with van der Waals surface area (Å²) in [6.45, 7) is 11.1. The van der Waals surface area contributed by atoms with E-state index < -0.39 is 5.54 Å². The summed E-state index contributed by atoms with van der Waals surface area (Å²) in [7, 11) is 0. The summed E-state index contributed by atoms with van der Waals surface area (Å²) in [6.07, 6.45) is 2.49. The first-order valence-electron chi connectivity index (χ1n) is 8.88. The molecular weight excluding hydrogens is 334 g/mol. The number of morpholine rings is 1. The topological polar surface area (TPSA) is 49.8 Å². The number of ether oxygens (including phenoxy) is 1. The van der Waals surface area contributed by atoms with Gasteiger partial charge in [0.25, 0.3) is 0 Å². The van der Waals surface area contributed by atoms with Crippen LogP contribution in [-0.2, 0) is 4.74 Å². The van der Waals surface area contributed by atoms with E-state index in [4.69, 9.17) is 9.84 Å². The van der Waals surface area contributed by atoms with Crippen molar-refractivity contribution in [3.05, 3.63) is 42.5 Å². The van der Waals surface area contributed by atoms with Crippen LogP contribution in [0.1, 0.15) is 30.6 Å². The Bertz CT molecular complexity index is 567. The Morgan fingerprint density at radius 3 is 2.52 bits per heavy atom. The summed E-state index contributed by atoms with van der Waals surface area (Å²) in [5, 5.41) is 8.94. The third-order valence-electron chi connectivity index (χ3n) is 4.86. The molecule has 0 radical (unpaired) electrons. The predicted octanol–water partition coefficient (Wildman–Crippen LogP) is 3.26. The summed E-state index contributed by atoms with van der Waals surface area (Å²) in [4.78, 5) is 16.9. The molecule has 1 N–H and O–H groups in total. The lowest BCUT2D eigenvalue weighted by molar-refractivity contribution is -0.0289. The van der Waals surface area contributed by atoms with Gasteiger partial charge in [0.2, 0.25) is 0 Å². The molecule has 0 aromatic heterocycles. The molecule has 1 heterocycles. The van der Waals surface area contributed by atoms with Crippen LogP contribution in [-0.4, -0.2) is 60.0 Å². The van der Waals surface area contributed by atoms with Crippen LogP contribution < -0.4 is 0 Å². The molecule has 1 fully saturated rings. The molecular formula is C20H29NO3S. The number of thioether (sulfide) groups is 1. The number of benzene rings is 1. The molecule has 25 heavy (non-hydrogen) atoms. The number of hydrogen-bond donors (Lipinski definition) is 1. The Morgan fingerprint density at radius 1 is 1.36 bits per heavy atom. The van der Waals surface area contributed by atoms with Gasteiger partial charge in [-0.05, 0) is 24.5 Å². The van der Waals surface area contributed by atoms with Crippen molar-refractivity contribution in [3.8, 4) is 0 Å². The quantitative estimate of drug-likeness (QED) is 0.415. The number of carbonyl (C=O) groups is 1. The zero-order valence-corrected chi connectivity index (χ0v) is 16.1. The fourth-order valence-electron chi connectivity index (χ4n) is 3.53. The van der Waals surface area contributed by atoms with Crippen LogP contribution in [0.15, 0.2) is 41.8 Å². The van der Waals surface area contributed by atoms with Crippen LogP contribution >= 0.6 is 11.8 Å². The van der Waals surface area contributed by atoms with E-state index in [1.165, 1.54) is 0 Å². The molecule has 1 aliphatic heterocycles. The van der Waals surface area contributed by atoms with E-state index in [2.05, 4.69) is 25.3 Å². The molecule has 0 aliphatic carbocycles. The van der Waals surface area contributed by atoms with Gasteiger partial charge in [0.15, 0.2) is 5.78 Å². The predicted molar refractivity (Wildman–Crippen MR) is 103 cm³/mol. The number of carbonyl (C=O) groups excluding carboxylic acids is 1. The van der Waals surface area contributed by atoms with E-state index >= 15 is 0 Å². The third-order valence-corrected chi connectivity index (χ3v) is 5.85. The lowest BCUT2D eigenvalue weighted by atomic mass is 9.75. The second-order valence-electron chi connectivity index (χ2n) is 6.60. The second kappa shape index (κ2) is 9.53. The Morgan fingerprint density at radius 2 is 2.00 bits per heavy atom. The SMILES string of the molecule is C=CCC(C(=O)c1ccc(SCCO)cc1)(C(C)C)N1CCOCC1. The van der Waals surface area contributed by atoms with Crippen molar-refractivity contribution in [1.82, 2.24) is 4.90 Å². The maximum Gasteiger partial charge on any atom is 0.183 e. The fraction of sp³-hybridized carbons (Fsp3) is 0.550. The van der Waals surface area contributed by atoms with E-state index in [1.54, 1.807) is 11.8 Å². The summed E-state index contributed by atoms with van der Waals surface area (Å²) < 4.78 is 5.49. The van der Waals surface area contributed by atoms with E-state index in [0.29, 0.717) is 25.4 Å². The number of nitrogens with zero attached hydrogens (tertiary/aromatic N) is 1. The molecule has 1 aliphatic rings. The van der Waals surface area contributed by atoms with Crippen LogP contribution in [0.4, 0.5) is 0 Å². The van der Waals surface area contributed by atoms with Crippen LogP contribution in [0.25, 0.3) is 0 Å². The molecule has 1 atom stereocenters. The molecule has 2 rings (SSSR count). The minimum absolute atomic E-state index is 0.151. The van der Waals surface area contributed by atoms with Gasteiger partial charge in [0.05, 0.1) is 25.4 Å². The van der Waals surface area contributed by atoms with Crippen LogP contribution in [0.2, 0.25) is 0 Å². The number of Topliss-reactive ketones (excluding diaryl/α,β-unsaturated/α-hetero) is 1. The van der Waals surface area contributed by atoms with Crippen molar-refractivity contribution < 1.29 is 14.6 Å². The van der Waals surface area contributed by atoms with E-state index in [0.717, 1.165) is 23.5 Å². The van der Waals surface area contributed by atoms with Gasteiger partial charge in [0.1, 0.15) is 0 Å². The van der Waals surface area contributed by atoms with Gasteiger partial charge >= 0.3 is 0 Å². The van der Waals surface area contributed by atoms with Gasteiger partial charge in [0, 0.05) is 29.3 Å². The fourth-order valence-corrected chi connectivity index (χ4v) is 4.18. The standard InChI is InChI=1S/C20H29NO3S/c1-4-9-20(16(2)3,21-10-13-24-14-11-21)19(23)17-5-7-18(8-6-17)25-15-12-22/h4-8,16,22H,1,9-15H2,2-3H3. The lowest BCUT2D eigenvalue weighted by Crippen LogP contribution is -2.61. The highest BCUT2D eigenvalue weighted by molar-refractivity contribution is 7.99. The smallest absolute Gasteiger partial charge is 0.183 e. The van der Waals surface area contributed by atoms with Gasteiger partial charge in [-0.15, -0.1) is 18.3 Å². The van der Waals surface area contributed by atoms with E-state index in [1.807, 2.05) is 30.3 Å². The van der Waals surface area contributed by atoms with Gasteiger partial charge in [-0.3, -0.25) is 9.69 Å². The summed E-state index contributed by atoms with van der Waals surface area (Å²) >= 11 is 1.59. The maximum atomic E-state index is 13.5. The van der Waals surface area contributed by atoms with Gasteiger partial charge in [-0.1, -0.05) is 32.1 Å². The molecule has 138 valence electrons. The van der Waals surface area contributed by atoms with Gasteiger partial charge in [-0.25, -0.2) is 0 Å². The Balaban J connectivity index is 2.32. The Kier molecular flexibility index (Phi) is 7.69. The van der Waals surface area contributed by atoms with Crippen molar-refractivity contribution in [2.24, 2.45) is 5.92 Å². The highest BCUT2D eigenvalue weighted by Crippen LogP contribution is 2.34. The molecule has 0 amide bonds. The Labute approximate surface area is 155 Å². The zero-order valence-electron chi connectivity index (χ0n) is 15.2. The van der Waals surface area contributed by atoms with Crippen LogP contribution in [0.3, 0.4) is 0 Å². The molecule has 1 unspecified atom stereocenters. The summed E-state index contributed by atoms with van der Waals surface area (Å²) in [5.74, 6) is 0.982. The molecule has 1 aromatic rings. The van der Waals surface area contributed by atoms with E-state index in [-0.39, 0.29) is 18.3 Å². The van der Waals surface area contributed by atoms with Crippen LogP contribution in [0.5, 0.6) is 0 Å². The van der Waals surface area contributed by atoms with Crippen molar-refractivity contribution in [2.45, 2.75) is 30.7 Å². The summed E-state index contributed by atoms with van der Waals surface area (Å²) in [6, 6.07) is 7.74. The number of aliphatic hydroxyl groups excluding tert-OH is 1. The van der Waals surface area contributed by atoms with Gasteiger partial charge in [-0.2, -0.15) is 0 Å². The highest BCUT2D eigenvalue weighted by atomic mass is 32.2. The minimum atomic E-state index is -0.578. The average Bonchev–Trinajstić information content (AvgIpc) is 2.64. The first-order chi connectivity index (χ1) is 12.1. The molecule has 4 nitrogen and oxygen atoms in total.